The van der Waals surface area contributed by atoms with E-state index >= 15 is 0 Å². The number of aryl methyl sites for hydroxylation is 1. The number of carbonyl (C=O) groups is 1. The lowest BCUT2D eigenvalue weighted by Gasteiger charge is -2.21. The van der Waals surface area contributed by atoms with Crippen LogP contribution in [0.2, 0.25) is 0 Å². The van der Waals surface area contributed by atoms with Crippen LogP contribution in [0, 0.1) is 6.92 Å². The first kappa shape index (κ1) is 14.0. The predicted octanol–water partition coefficient (Wildman–Crippen LogP) is 4.18. The minimum absolute atomic E-state index is 0.0156. The molecule has 0 saturated carbocycles. The van der Waals surface area contributed by atoms with Crippen molar-refractivity contribution >= 4 is 29.0 Å². The van der Waals surface area contributed by atoms with Crippen molar-refractivity contribution in [3.05, 3.63) is 59.7 Å². The molecular formula is C17H17ClN2O. The molecule has 0 unspecified atom stereocenters. The number of halogens is 1. The Hall–Kier alpha value is -2.00. The minimum Gasteiger partial charge on any atom is -0.292 e. The van der Waals surface area contributed by atoms with Gasteiger partial charge in [0.25, 0.3) is 0 Å². The summed E-state index contributed by atoms with van der Waals surface area (Å²) >= 11 is 5.99. The molecule has 3 nitrogen and oxygen atoms in total. The molecule has 0 bridgehead atoms. The van der Waals surface area contributed by atoms with Crippen LogP contribution >= 0.6 is 11.6 Å². The van der Waals surface area contributed by atoms with Crippen molar-refractivity contribution in [1.82, 2.24) is 0 Å². The summed E-state index contributed by atoms with van der Waals surface area (Å²) in [5.74, 6) is 0.407. The normalized spacial score (nSPS) is 14.9. The molecule has 1 fully saturated rings. The molecule has 108 valence electrons. The molecule has 0 aliphatic carbocycles. The number of rotatable bonds is 3. The highest BCUT2D eigenvalue weighted by Gasteiger charge is 2.32. The predicted molar refractivity (Wildman–Crippen MR) is 87.3 cm³/mol. The Balaban J connectivity index is 1.92. The van der Waals surface area contributed by atoms with Gasteiger partial charge in [0.05, 0.1) is 0 Å². The third kappa shape index (κ3) is 2.49. The number of alkyl halides is 1. The van der Waals surface area contributed by atoms with Crippen LogP contribution in [0.4, 0.5) is 16.2 Å². The number of anilines is 2. The Kier molecular flexibility index (Phi) is 3.84. The Bertz CT molecular complexity index is 671. The molecule has 3 rings (SSSR count). The fourth-order valence-electron chi connectivity index (χ4n) is 2.74. The summed E-state index contributed by atoms with van der Waals surface area (Å²) in [6.07, 6.45) is 0. The maximum absolute atomic E-state index is 12.7. The summed E-state index contributed by atoms with van der Waals surface area (Å²) < 4.78 is 0. The Labute approximate surface area is 129 Å². The lowest BCUT2D eigenvalue weighted by Crippen LogP contribution is -2.32. The molecule has 2 aromatic rings. The maximum atomic E-state index is 12.7. The van der Waals surface area contributed by atoms with Crippen LogP contribution in [0.5, 0.6) is 0 Å². The van der Waals surface area contributed by atoms with Crippen molar-refractivity contribution in [1.29, 1.82) is 0 Å². The number of para-hydroxylation sites is 2. The van der Waals surface area contributed by atoms with E-state index in [-0.39, 0.29) is 6.03 Å². The van der Waals surface area contributed by atoms with Gasteiger partial charge in [-0.3, -0.25) is 9.80 Å². The summed E-state index contributed by atoms with van der Waals surface area (Å²) in [7, 11) is 0. The Morgan fingerprint density at radius 1 is 0.952 bits per heavy atom. The number of hydrogen-bond donors (Lipinski definition) is 0. The minimum atomic E-state index is 0.0156. The van der Waals surface area contributed by atoms with Crippen LogP contribution in [0.15, 0.2) is 48.5 Å². The molecule has 0 atom stereocenters. The van der Waals surface area contributed by atoms with E-state index in [1.807, 2.05) is 65.3 Å². The zero-order valence-corrected chi connectivity index (χ0v) is 12.7. The van der Waals surface area contributed by atoms with Gasteiger partial charge in [-0.2, -0.15) is 0 Å². The van der Waals surface area contributed by atoms with Gasteiger partial charge < -0.3 is 0 Å². The van der Waals surface area contributed by atoms with Crippen molar-refractivity contribution in [3.63, 3.8) is 0 Å². The van der Waals surface area contributed by atoms with Gasteiger partial charge in [0.15, 0.2) is 0 Å². The number of amides is 2. The van der Waals surface area contributed by atoms with E-state index in [0.29, 0.717) is 19.0 Å². The number of urea groups is 1. The Morgan fingerprint density at radius 2 is 1.52 bits per heavy atom. The SMILES string of the molecule is Cc1ccccc1N1CCN(c2ccccc2CCl)C1=O. The van der Waals surface area contributed by atoms with Gasteiger partial charge in [0, 0.05) is 30.3 Å². The molecule has 0 radical (unpaired) electrons. The van der Waals surface area contributed by atoms with Crippen molar-refractivity contribution in [3.8, 4) is 0 Å². The molecule has 4 heteroatoms. The third-order valence-electron chi connectivity index (χ3n) is 3.84. The van der Waals surface area contributed by atoms with E-state index in [4.69, 9.17) is 11.6 Å². The fourth-order valence-corrected chi connectivity index (χ4v) is 2.96. The number of nitrogens with zero attached hydrogens (tertiary/aromatic N) is 2. The van der Waals surface area contributed by atoms with Crippen LogP contribution < -0.4 is 9.80 Å². The zero-order chi connectivity index (χ0) is 14.8. The summed E-state index contributed by atoms with van der Waals surface area (Å²) in [6, 6.07) is 15.8. The third-order valence-corrected chi connectivity index (χ3v) is 4.13. The standard InChI is InChI=1S/C17H17ClN2O/c1-13-6-2-4-8-15(13)19-10-11-20(17(19)21)16-9-5-3-7-14(16)12-18/h2-9H,10-12H2,1H3. The second kappa shape index (κ2) is 5.78. The molecule has 1 saturated heterocycles. The van der Waals surface area contributed by atoms with Gasteiger partial charge in [-0.15, -0.1) is 11.6 Å². The molecule has 0 spiro atoms. The first-order chi connectivity index (χ1) is 10.2. The molecular weight excluding hydrogens is 284 g/mol. The van der Waals surface area contributed by atoms with E-state index in [2.05, 4.69) is 0 Å². The van der Waals surface area contributed by atoms with Gasteiger partial charge in [0.1, 0.15) is 0 Å². The zero-order valence-electron chi connectivity index (χ0n) is 11.9. The van der Waals surface area contributed by atoms with Gasteiger partial charge in [0.2, 0.25) is 0 Å². The first-order valence-corrected chi connectivity index (χ1v) is 7.54. The second-order valence-corrected chi connectivity index (χ2v) is 5.40. The molecule has 1 heterocycles. The Morgan fingerprint density at radius 3 is 2.19 bits per heavy atom. The molecule has 2 amide bonds. The van der Waals surface area contributed by atoms with Crippen molar-refractivity contribution < 1.29 is 4.79 Å². The quantitative estimate of drug-likeness (QED) is 0.780. The van der Waals surface area contributed by atoms with Crippen molar-refractivity contribution in [2.24, 2.45) is 0 Å². The molecule has 1 aliphatic heterocycles. The summed E-state index contributed by atoms with van der Waals surface area (Å²) in [6.45, 7) is 3.40. The van der Waals surface area contributed by atoms with Crippen LogP contribution in [0.25, 0.3) is 0 Å². The number of hydrogen-bond acceptors (Lipinski definition) is 1. The molecule has 0 aromatic heterocycles. The highest BCUT2D eigenvalue weighted by Crippen LogP contribution is 2.29. The highest BCUT2D eigenvalue weighted by atomic mass is 35.5. The van der Waals surface area contributed by atoms with Gasteiger partial charge >= 0.3 is 6.03 Å². The average Bonchev–Trinajstić information content (AvgIpc) is 2.89. The smallest absolute Gasteiger partial charge is 0.292 e. The molecule has 0 N–H and O–H groups in total. The summed E-state index contributed by atoms with van der Waals surface area (Å²) in [5, 5.41) is 0. The first-order valence-electron chi connectivity index (χ1n) is 7.01. The van der Waals surface area contributed by atoms with Crippen molar-refractivity contribution in [2.45, 2.75) is 12.8 Å². The van der Waals surface area contributed by atoms with Crippen LogP contribution in [0.3, 0.4) is 0 Å². The van der Waals surface area contributed by atoms with Crippen LogP contribution in [-0.4, -0.2) is 19.1 Å². The average molecular weight is 301 g/mol. The second-order valence-electron chi connectivity index (χ2n) is 5.13. The van der Waals surface area contributed by atoms with E-state index in [1.165, 1.54) is 0 Å². The van der Waals surface area contributed by atoms with Crippen LogP contribution in [-0.2, 0) is 5.88 Å². The monoisotopic (exact) mass is 300 g/mol. The maximum Gasteiger partial charge on any atom is 0.329 e. The lowest BCUT2D eigenvalue weighted by molar-refractivity contribution is 0.256. The van der Waals surface area contributed by atoms with Gasteiger partial charge in [-0.1, -0.05) is 36.4 Å². The van der Waals surface area contributed by atoms with Gasteiger partial charge in [-0.05, 0) is 30.2 Å². The largest absolute Gasteiger partial charge is 0.329 e. The van der Waals surface area contributed by atoms with Crippen molar-refractivity contribution in [2.75, 3.05) is 22.9 Å². The number of benzene rings is 2. The number of carbonyl (C=O) groups excluding carboxylic acids is 1. The van der Waals surface area contributed by atoms with Crippen LogP contribution in [0.1, 0.15) is 11.1 Å². The van der Waals surface area contributed by atoms with E-state index < -0.39 is 0 Å². The van der Waals surface area contributed by atoms with E-state index in [0.717, 1.165) is 22.5 Å². The van der Waals surface area contributed by atoms with E-state index in [9.17, 15) is 4.79 Å². The molecule has 2 aromatic carbocycles. The van der Waals surface area contributed by atoms with E-state index in [1.54, 1.807) is 0 Å². The van der Waals surface area contributed by atoms with Gasteiger partial charge in [-0.25, -0.2) is 4.79 Å². The summed E-state index contributed by atoms with van der Waals surface area (Å²) in [5.41, 5.74) is 3.99. The lowest BCUT2D eigenvalue weighted by atomic mass is 10.2. The highest BCUT2D eigenvalue weighted by molar-refractivity contribution is 6.18. The molecule has 1 aliphatic rings. The summed E-state index contributed by atoms with van der Waals surface area (Å²) in [4.78, 5) is 16.4. The molecule has 21 heavy (non-hydrogen) atoms. The topological polar surface area (TPSA) is 23.6 Å². The fraction of sp³-hybridized carbons (Fsp3) is 0.235.